The third kappa shape index (κ3) is 3.45. The Morgan fingerprint density at radius 1 is 1.15 bits per heavy atom. The van der Waals surface area contributed by atoms with Gasteiger partial charge < -0.3 is 14.9 Å². The lowest BCUT2D eigenvalue weighted by atomic mass is 10.0. The van der Waals surface area contributed by atoms with E-state index in [0.717, 1.165) is 37.1 Å². The van der Waals surface area contributed by atoms with Gasteiger partial charge in [0.15, 0.2) is 0 Å². The lowest BCUT2D eigenvalue weighted by molar-refractivity contribution is 0.000541. The zero-order valence-electron chi connectivity index (χ0n) is 15.3. The molecule has 2 saturated heterocycles. The normalized spacial score (nSPS) is 25.1. The number of hydrogen-bond donors (Lipinski definition) is 1. The SMILES string of the molecule is CN1CCN(CC2(O)CCN(C(=O)c3cccc4ncccc34)C2)CC1. The zero-order chi connectivity index (χ0) is 18.1. The molecule has 4 rings (SSSR count). The van der Waals surface area contributed by atoms with Gasteiger partial charge in [0.2, 0.25) is 0 Å². The molecule has 0 bridgehead atoms. The number of pyridine rings is 1. The van der Waals surface area contributed by atoms with Crippen molar-refractivity contribution in [1.29, 1.82) is 0 Å². The van der Waals surface area contributed by atoms with Crippen molar-refractivity contribution in [3.63, 3.8) is 0 Å². The average molecular weight is 354 g/mol. The van der Waals surface area contributed by atoms with E-state index >= 15 is 0 Å². The maximum atomic E-state index is 13.1. The second-order valence-corrected chi connectivity index (χ2v) is 7.66. The molecule has 138 valence electrons. The van der Waals surface area contributed by atoms with Gasteiger partial charge in [0.25, 0.3) is 5.91 Å². The first-order chi connectivity index (χ1) is 12.5. The number of hydrogen-bond acceptors (Lipinski definition) is 5. The number of benzene rings is 1. The highest BCUT2D eigenvalue weighted by atomic mass is 16.3. The van der Waals surface area contributed by atoms with Crippen molar-refractivity contribution in [2.24, 2.45) is 0 Å². The van der Waals surface area contributed by atoms with Crippen LogP contribution in [-0.4, -0.2) is 89.2 Å². The van der Waals surface area contributed by atoms with Crippen LogP contribution < -0.4 is 0 Å². The second kappa shape index (κ2) is 6.95. The number of carbonyl (C=O) groups is 1. The molecule has 0 saturated carbocycles. The number of aromatic nitrogens is 1. The predicted octanol–water partition coefficient (Wildman–Crippen LogP) is 1.06. The fraction of sp³-hybridized carbons (Fsp3) is 0.500. The van der Waals surface area contributed by atoms with Gasteiger partial charge in [-0.1, -0.05) is 12.1 Å². The summed E-state index contributed by atoms with van der Waals surface area (Å²) in [6, 6.07) is 9.42. The maximum Gasteiger partial charge on any atom is 0.254 e. The largest absolute Gasteiger partial charge is 0.387 e. The van der Waals surface area contributed by atoms with Crippen LogP contribution in [0.5, 0.6) is 0 Å². The van der Waals surface area contributed by atoms with Crippen LogP contribution in [0.2, 0.25) is 0 Å². The second-order valence-electron chi connectivity index (χ2n) is 7.66. The highest BCUT2D eigenvalue weighted by Crippen LogP contribution is 2.26. The van der Waals surface area contributed by atoms with Crippen molar-refractivity contribution in [1.82, 2.24) is 19.7 Å². The monoisotopic (exact) mass is 354 g/mol. The number of amides is 1. The highest BCUT2D eigenvalue weighted by molar-refractivity contribution is 6.06. The number of rotatable bonds is 3. The minimum Gasteiger partial charge on any atom is -0.387 e. The molecule has 3 heterocycles. The lowest BCUT2D eigenvalue weighted by Gasteiger charge is -2.36. The van der Waals surface area contributed by atoms with Crippen molar-refractivity contribution >= 4 is 16.8 Å². The Morgan fingerprint density at radius 3 is 2.77 bits per heavy atom. The summed E-state index contributed by atoms with van der Waals surface area (Å²) in [5.74, 6) is -0.0158. The van der Waals surface area contributed by atoms with Gasteiger partial charge in [-0.25, -0.2) is 0 Å². The van der Waals surface area contributed by atoms with E-state index in [1.807, 2.05) is 30.3 Å². The zero-order valence-corrected chi connectivity index (χ0v) is 15.3. The first kappa shape index (κ1) is 17.4. The van der Waals surface area contributed by atoms with Gasteiger partial charge in [-0.3, -0.25) is 14.7 Å². The molecule has 1 aromatic carbocycles. The van der Waals surface area contributed by atoms with E-state index in [9.17, 15) is 9.90 Å². The molecular weight excluding hydrogens is 328 g/mol. The molecule has 2 aliphatic heterocycles. The molecule has 0 radical (unpaired) electrons. The molecular formula is C20H26N4O2. The molecule has 1 unspecified atom stereocenters. The molecule has 2 fully saturated rings. The van der Waals surface area contributed by atoms with Crippen LogP contribution in [0.15, 0.2) is 36.5 Å². The number of likely N-dealkylation sites (tertiary alicyclic amines) is 1. The first-order valence-electron chi connectivity index (χ1n) is 9.30. The summed E-state index contributed by atoms with van der Waals surface area (Å²) in [4.78, 5) is 23.8. The van der Waals surface area contributed by atoms with Crippen LogP contribution in [0.1, 0.15) is 16.8 Å². The minimum absolute atomic E-state index is 0.0158. The molecule has 6 nitrogen and oxygen atoms in total. The predicted molar refractivity (Wildman–Crippen MR) is 101 cm³/mol. The van der Waals surface area contributed by atoms with Crippen LogP contribution in [0, 0.1) is 0 Å². The third-order valence-corrected chi connectivity index (χ3v) is 5.61. The Morgan fingerprint density at radius 2 is 1.96 bits per heavy atom. The summed E-state index contributed by atoms with van der Waals surface area (Å²) in [6.45, 7) is 5.64. The minimum atomic E-state index is -0.811. The number of carbonyl (C=O) groups excluding carboxylic acids is 1. The molecule has 1 atom stereocenters. The quantitative estimate of drug-likeness (QED) is 0.893. The number of fused-ring (bicyclic) bond motifs is 1. The van der Waals surface area contributed by atoms with E-state index in [1.165, 1.54) is 0 Å². The molecule has 26 heavy (non-hydrogen) atoms. The van der Waals surface area contributed by atoms with E-state index in [1.54, 1.807) is 11.1 Å². The summed E-state index contributed by atoms with van der Waals surface area (Å²) in [5.41, 5.74) is 0.679. The van der Waals surface area contributed by atoms with Gasteiger partial charge in [-0.05, 0) is 31.7 Å². The highest BCUT2D eigenvalue weighted by Gasteiger charge is 2.40. The summed E-state index contributed by atoms with van der Waals surface area (Å²) >= 11 is 0. The number of nitrogens with zero attached hydrogens (tertiary/aromatic N) is 4. The Labute approximate surface area is 154 Å². The van der Waals surface area contributed by atoms with E-state index in [4.69, 9.17) is 0 Å². The van der Waals surface area contributed by atoms with Crippen molar-refractivity contribution < 1.29 is 9.90 Å². The van der Waals surface area contributed by atoms with Crippen LogP contribution in [-0.2, 0) is 0 Å². The smallest absolute Gasteiger partial charge is 0.254 e. The van der Waals surface area contributed by atoms with Crippen molar-refractivity contribution in [2.45, 2.75) is 12.0 Å². The van der Waals surface area contributed by atoms with Gasteiger partial charge in [0, 0.05) is 56.4 Å². The van der Waals surface area contributed by atoms with Gasteiger partial charge >= 0.3 is 0 Å². The maximum absolute atomic E-state index is 13.1. The number of aliphatic hydroxyl groups is 1. The van der Waals surface area contributed by atoms with Crippen molar-refractivity contribution in [3.05, 3.63) is 42.1 Å². The number of β-amino-alcohol motifs (C(OH)–C–C–N with tert-alkyl or cyclic N) is 1. The Kier molecular flexibility index (Phi) is 4.65. The summed E-state index contributed by atoms with van der Waals surface area (Å²) in [5, 5.41) is 11.9. The van der Waals surface area contributed by atoms with Gasteiger partial charge in [0.1, 0.15) is 0 Å². The van der Waals surface area contributed by atoms with E-state index in [0.29, 0.717) is 31.6 Å². The van der Waals surface area contributed by atoms with Crippen LogP contribution in [0.4, 0.5) is 0 Å². The topological polar surface area (TPSA) is 59.9 Å². The summed E-state index contributed by atoms with van der Waals surface area (Å²) in [7, 11) is 2.13. The average Bonchev–Trinajstić information content (AvgIpc) is 3.04. The lowest BCUT2D eigenvalue weighted by Crippen LogP contribution is -2.52. The molecule has 2 aromatic rings. The third-order valence-electron chi connectivity index (χ3n) is 5.61. The molecule has 1 aromatic heterocycles. The molecule has 2 aliphatic rings. The van der Waals surface area contributed by atoms with Gasteiger partial charge in [0.05, 0.1) is 17.7 Å². The van der Waals surface area contributed by atoms with Gasteiger partial charge in [-0.15, -0.1) is 0 Å². The first-order valence-corrected chi connectivity index (χ1v) is 9.30. The van der Waals surface area contributed by atoms with E-state index in [2.05, 4.69) is 21.8 Å². The Bertz CT molecular complexity index is 798. The van der Waals surface area contributed by atoms with Crippen LogP contribution in [0.25, 0.3) is 10.9 Å². The van der Waals surface area contributed by atoms with Crippen molar-refractivity contribution in [3.8, 4) is 0 Å². The van der Waals surface area contributed by atoms with E-state index < -0.39 is 5.60 Å². The van der Waals surface area contributed by atoms with E-state index in [-0.39, 0.29) is 5.91 Å². The number of likely N-dealkylation sites (N-methyl/N-ethyl adjacent to an activating group) is 1. The van der Waals surface area contributed by atoms with Crippen LogP contribution >= 0.6 is 0 Å². The molecule has 0 aliphatic carbocycles. The molecule has 1 N–H and O–H groups in total. The fourth-order valence-corrected chi connectivity index (χ4v) is 4.04. The summed E-state index contributed by atoms with van der Waals surface area (Å²) < 4.78 is 0. The standard InChI is InChI=1S/C20H26N4O2/c1-22-10-12-23(13-11-22)14-20(26)7-9-24(15-20)19(25)17-4-2-6-18-16(17)5-3-8-21-18/h2-6,8,26H,7,9-15H2,1H3. The van der Waals surface area contributed by atoms with Crippen LogP contribution in [0.3, 0.4) is 0 Å². The Balaban J connectivity index is 1.46. The van der Waals surface area contributed by atoms with Gasteiger partial charge in [-0.2, -0.15) is 0 Å². The fourth-order valence-electron chi connectivity index (χ4n) is 4.04. The summed E-state index contributed by atoms with van der Waals surface area (Å²) in [6.07, 6.45) is 2.37. The molecule has 0 spiro atoms. The number of piperazine rings is 1. The molecule has 1 amide bonds. The van der Waals surface area contributed by atoms with Crippen molar-refractivity contribution in [2.75, 3.05) is 52.9 Å². The molecule has 6 heteroatoms. The Hall–Kier alpha value is -2.02.